The van der Waals surface area contributed by atoms with Gasteiger partial charge in [0.2, 0.25) is 5.16 Å². The van der Waals surface area contributed by atoms with E-state index >= 15 is 0 Å². The van der Waals surface area contributed by atoms with Gasteiger partial charge >= 0.3 is 6.03 Å². The number of carbonyl (C=O) groups excluding carboxylic acids is 1. The van der Waals surface area contributed by atoms with Crippen LogP contribution in [0.5, 0.6) is 0 Å². The van der Waals surface area contributed by atoms with Gasteiger partial charge in [-0.2, -0.15) is 4.68 Å². The van der Waals surface area contributed by atoms with Crippen LogP contribution in [0.4, 0.5) is 10.5 Å². The van der Waals surface area contributed by atoms with Crippen molar-refractivity contribution in [2.45, 2.75) is 10.1 Å². The molecule has 7 heteroatoms. The van der Waals surface area contributed by atoms with Crippen LogP contribution in [0.3, 0.4) is 0 Å². The highest BCUT2D eigenvalue weighted by atomic mass is 33.1. The molecule has 22 heavy (non-hydrogen) atoms. The third-order valence-electron chi connectivity index (χ3n) is 2.66. The number of hydrogen-bond donors (Lipinski definition) is 1. The topological polar surface area (TPSA) is 59.8 Å². The van der Waals surface area contributed by atoms with Gasteiger partial charge in [-0.25, -0.2) is 9.78 Å². The second kappa shape index (κ2) is 7.15. The molecule has 0 atom stereocenters. The van der Waals surface area contributed by atoms with Crippen molar-refractivity contribution in [1.29, 1.82) is 0 Å². The largest absolute Gasteiger partial charge is 0.348 e. The Kier molecular flexibility index (Phi) is 4.77. The molecule has 1 aromatic heterocycles. The highest BCUT2D eigenvalue weighted by Gasteiger charge is 2.09. The lowest BCUT2D eigenvalue weighted by Gasteiger charge is -2.03. The summed E-state index contributed by atoms with van der Waals surface area (Å²) in [6.45, 7) is 0. The number of hydrogen-bond acceptors (Lipinski definition) is 5. The van der Waals surface area contributed by atoms with E-state index in [0.717, 1.165) is 10.6 Å². The molecule has 0 radical (unpaired) electrons. The van der Waals surface area contributed by atoms with Crippen LogP contribution >= 0.6 is 21.6 Å². The maximum absolute atomic E-state index is 12.0. The zero-order valence-electron chi connectivity index (χ0n) is 11.4. The molecule has 0 fully saturated rings. The van der Waals surface area contributed by atoms with E-state index in [4.69, 9.17) is 0 Å². The van der Waals surface area contributed by atoms with Gasteiger partial charge in [0.25, 0.3) is 0 Å². The molecule has 110 valence electrons. The summed E-state index contributed by atoms with van der Waals surface area (Å²) < 4.78 is 1.20. The van der Waals surface area contributed by atoms with E-state index in [2.05, 4.69) is 15.4 Å². The molecule has 0 aliphatic rings. The number of aromatic nitrogens is 3. The highest BCUT2D eigenvalue weighted by molar-refractivity contribution is 8.76. The Balaban J connectivity index is 1.60. The van der Waals surface area contributed by atoms with Crippen molar-refractivity contribution in [3.63, 3.8) is 0 Å². The number of nitrogens with one attached hydrogen (secondary N) is 1. The highest BCUT2D eigenvalue weighted by Crippen LogP contribution is 2.34. The Morgan fingerprint density at radius 3 is 2.36 bits per heavy atom. The predicted molar refractivity (Wildman–Crippen MR) is 89.0 cm³/mol. The number of nitrogens with zero attached hydrogens (tertiary/aromatic N) is 3. The van der Waals surface area contributed by atoms with Crippen molar-refractivity contribution in [2.24, 2.45) is 0 Å². The summed E-state index contributed by atoms with van der Waals surface area (Å²) in [5.74, 6) is 0. The Morgan fingerprint density at radius 1 is 0.955 bits per heavy atom. The molecule has 5 nitrogen and oxygen atoms in total. The Morgan fingerprint density at radius 2 is 1.64 bits per heavy atom. The van der Waals surface area contributed by atoms with Crippen LogP contribution in [0, 0.1) is 0 Å². The molecule has 0 saturated carbocycles. The Labute approximate surface area is 135 Å². The summed E-state index contributed by atoms with van der Waals surface area (Å²) in [6.07, 6.45) is 1.41. The number of carbonyl (C=O) groups is 1. The van der Waals surface area contributed by atoms with Gasteiger partial charge in [0.15, 0.2) is 0 Å². The fourth-order valence-corrected chi connectivity index (χ4v) is 3.37. The van der Waals surface area contributed by atoms with E-state index in [1.54, 1.807) is 10.8 Å². The minimum absolute atomic E-state index is 0.338. The molecule has 0 saturated heterocycles. The van der Waals surface area contributed by atoms with Gasteiger partial charge < -0.3 is 5.32 Å². The summed E-state index contributed by atoms with van der Waals surface area (Å²) in [4.78, 5) is 17.3. The van der Waals surface area contributed by atoms with E-state index in [0.29, 0.717) is 5.16 Å². The average Bonchev–Trinajstić information content (AvgIpc) is 3.04. The van der Waals surface area contributed by atoms with E-state index < -0.39 is 0 Å². The average molecular weight is 328 g/mol. The molecule has 0 aliphatic carbocycles. The molecule has 0 spiro atoms. The Hall–Kier alpha value is -2.25. The second-order valence-electron chi connectivity index (χ2n) is 4.25. The van der Waals surface area contributed by atoms with Crippen molar-refractivity contribution in [1.82, 2.24) is 14.8 Å². The van der Waals surface area contributed by atoms with Crippen molar-refractivity contribution >= 4 is 33.3 Å². The van der Waals surface area contributed by atoms with Gasteiger partial charge in [-0.1, -0.05) is 36.4 Å². The van der Waals surface area contributed by atoms with E-state index in [1.807, 2.05) is 60.7 Å². The maximum Gasteiger partial charge on any atom is 0.348 e. The Bertz CT molecular complexity index is 747. The van der Waals surface area contributed by atoms with Crippen LogP contribution in [0.1, 0.15) is 0 Å². The predicted octanol–water partition coefficient (Wildman–Crippen LogP) is 4.16. The van der Waals surface area contributed by atoms with Gasteiger partial charge in [-0.3, -0.25) is 0 Å². The van der Waals surface area contributed by atoms with E-state index in [1.165, 1.54) is 21.8 Å². The third-order valence-corrected chi connectivity index (χ3v) is 4.82. The van der Waals surface area contributed by atoms with Gasteiger partial charge in [0, 0.05) is 10.6 Å². The minimum atomic E-state index is -0.338. The van der Waals surface area contributed by atoms with E-state index in [9.17, 15) is 4.79 Å². The van der Waals surface area contributed by atoms with Crippen LogP contribution in [-0.4, -0.2) is 20.8 Å². The zero-order valence-corrected chi connectivity index (χ0v) is 13.1. The molecule has 2 aromatic carbocycles. The van der Waals surface area contributed by atoms with Gasteiger partial charge in [-0.15, -0.1) is 5.10 Å². The normalized spacial score (nSPS) is 10.4. The monoisotopic (exact) mass is 328 g/mol. The fourth-order valence-electron chi connectivity index (χ4n) is 1.65. The van der Waals surface area contributed by atoms with Crippen molar-refractivity contribution < 1.29 is 4.79 Å². The second-order valence-corrected chi connectivity index (χ2v) is 6.42. The number of amides is 1. The first kappa shape index (κ1) is 14.7. The number of anilines is 1. The fraction of sp³-hybridized carbons (Fsp3) is 0. The summed E-state index contributed by atoms with van der Waals surface area (Å²) in [5, 5.41) is 7.45. The summed E-state index contributed by atoms with van der Waals surface area (Å²) >= 11 is 0. The number of para-hydroxylation sites is 1. The quantitative estimate of drug-likeness (QED) is 0.729. The first-order valence-corrected chi connectivity index (χ1v) is 8.64. The van der Waals surface area contributed by atoms with Crippen molar-refractivity contribution in [3.05, 3.63) is 67.0 Å². The summed E-state index contributed by atoms with van der Waals surface area (Å²) in [6, 6.07) is 18.8. The molecule has 1 amide bonds. The van der Waals surface area contributed by atoms with Crippen LogP contribution in [0.15, 0.2) is 77.0 Å². The molecule has 1 N–H and O–H groups in total. The smallest absolute Gasteiger partial charge is 0.306 e. The van der Waals surface area contributed by atoms with Gasteiger partial charge in [0.1, 0.15) is 6.33 Å². The first-order valence-electron chi connectivity index (χ1n) is 6.49. The molecule has 3 rings (SSSR count). The lowest BCUT2D eigenvalue weighted by Crippen LogP contribution is -2.19. The molecule has 1 heterocycles. The third kappa shape index (κ3) is 3.90. The molecule has 0 unspecified atom stereocenters. The van der Waals surface area contributed by atoms with Gasteiger partial charge in [0.05, 0.1) is 0 Å². The standard InChI is InChI=1S/C15H12N4OS2/c20-15(17-12-7-3-1-4-8-12)19-11-16-14(18-19)22-21-13-9-5-2-6-10-13/h1-11H,(H,17,20). The van der Waals surface area contributed by atoms with E-state index in [-0.39, 0.29) is 6.03 Å². The molecular weight excluding hydrogens is 316 g/mol. The molecule has 0 aliphatic heterocycles. The molecule has 0 bridgehead atoms. The zero-order chi connectivity index (χ0) is 15.2. The van der Waals surface area contributed by atoms with Crippen LogP contribution in [-0.2, 0) is 0 Å². The van der Waals surface area contributed by atoms with Crippen molar-refractivity contribution in [2.75, 3.05) is 5.32 Å². The maximum atomic E-state index is 12.0. The van der Waals surface area contributed by atoms with Crippen LogP contribution in [0.25, 0.3) is 0 Å². The summed E-state index contributed by atoms with van der Waals surface area (Å²) in [5.41, 5.74) is 0.718. The minimum Gasteiger partial charge on any atom is -0.306 e. The van der Waals surface area contributed by atoms with Crippen LogP contribution < -0.4 is 5.32 Å². The summed E-state index contributed by atoms with van der Waals surface area (Å²) in [7, 11) is 2.96. The lowest BCUT2D eigenvalue weighted by molar-refractivity contribution is 0.250. The number of benzene rings is 2. The molecular formula is C15H12N4OS2. The van der Waals surface area contributed by atoms with Crippen LogP contribution in [0.2, 0.25) is 0 Å². The lowest BCUT2D eigenvalue weighted by atomic mass is 10.3. The van der Waals surface area contributed by atoms with Crippen molar-refractivity contribution in [3.8, 4) is 0 Å². The van der Waals surface area contributed by atoms with Gasteiger partial charge in [-0.05, 0) is 45.9 Å². The first-order chi connectivity index (χ1) is 10.8. The number of rotatable bonds is 4. The molecule has 3 aromatic rings. The SMILES string of the molecule is O=C(Nc1ccccc1)n1cnc(SSc2ccccc2)n1.